The van der Waals surface area contributed by atoms with Crippen LogP contribution in [0, 0.1) is 29.1 Å². The van der Waals surface area contributed by atoms with Crippen LogP contribution in [-0.4, -0.2) is 45.1 Å². The van der Waals surface area contributed by atoms with Gasteiger partial charge >= 0.3 is 0 Å². The van der Waals surface area contributed by atoms with Crippen LogP contribution in [0.15, 0.2) is 66.8 Å². The Balaban J connectivity index is 1.85. The number of amides is 1. The van der Waals surface area contributed by atoms with Gasteiger partial charge in [0.15, 0.2) is 0 Å². The molecule has 1 heterocycles. The molecule has 5 nitrogen and oxygen atoms in total. The molecule has 2 fully saturated rings. The highest BCUT2D eigenvalue weighted by Gasteiger charge is 2.67. The maximum Gasteiger partial charge on any atom is 0.230 e. The van der Waals surface area contributed by atoms with Gasteiger partial charge in [-0.2, -0.15) is 0 Å². The van der Waals surface area contributed by atoms with Crippen LogP contribution in [-0.2, 0) is 11.2 Å². The Bertz CT molecular complexity index is 952. The van der Waals surface area contributed by atoms with Crippen LogP contribution in [0.1, 0.15) is 39.2 Å². The SMILES string of the molecule is C=C1[C@@H](C)[C@H]2[C@H](Cc3ccccc3)NC(=O)C23C(O)/C=C/[C@](C)(O)C[C@@H](C)C/C=C/[C@H]3[C@@H]1O. The second kappa shape index (κ2) is 8.86. The number of allylic oxidation sites excluding steroid dienone is 1. The molecule has 0 aromatic heterocycles. The molecule has 2 aliphatic carbocycles. The lowest BCUT2D eigenvalue weighted by Gasteiger charge is -2.51. The molecule has 0 radical (unpaired) electrons. The highest BCUT2D eigenvalue weighted by atomic mass is 16.3. The van der Waals surface area contributed by atoms with Crippen LogP contribution in [0.5, 0.6) is 0 Å². The first-order valence-corrected chi connectivity index (χ1v) is 12.1. The van der Waals surface area contributed by atoms with Crippen molar-refractivity contribution in [2.45, 2.75) is 63.9 Å². The third-order valence-electron chi connectivity index (χ3n) is 8.16. The van der Waals surface area contributed by atoms with Gasteiger partial charge in [0.05, 0.1) is 23.2 Å². The van der Waals surface area contributed by atoms with E-state index in [9.17, 15) is 20.1 Å². The van der Waals surface area contributed by atoms with Crippen LogP contribution in [0.25, 0.3) is 0 Å². The fourth-order valence-corrected chi connectivity index (χ4v) is 6.61. The van der Waals surface area contributed by atoms with E-state index in [0.29, 0.717) is 24.8 Å². The summed E-state index contributed by atoms with van der Waals surface area (Å²) in [4.78, 5) is 13.8. The molecule has 4 N–H and O–H groups in total. The molecule has 1 amide bonds. The Hall–Kier alpha value is -2.21. The number of benzene rings is 1. The molecule has 33 heavy (non-hydrogen) atoms. The van der Waals surface area contributed by atoms with Crippen molar-refractivity contribution in [3.8, 4) is 0 Å². The van der Waals surface area contributed by atoms with E-state index in [-0.39, 0.29) is 29.7 Å². The monoisotopic (exact) mass is 451 g/mol. The Morgan fingerprint density at radius 1 is 1.15 bits per heavy atom. The summed E-state index contributed by atoms with van der Waals surface area (Å²) in [7, 11) is 0. The molecule has 1 saturated heterocycles. The number of aliphatic hydroxyl groups is 3. The van der Waals surface area contributed by atoms with Gasteiger partial charge in [-0.1, -0.05) is 75.1 Å². The van der Waals surface area contributed by atoms with Crippen molar-refractivity contribution in [3.63, 3.8) is 0 Å². The van der Waals surface area contributed by atoms with E-state index in [1.165, 1.54) is 0 Å². The molecule has 0 bridgehead atoms. The van der Waals surface area contributed by atoms with Crippen molar-refractivity contribution in [2.24, 2.45) is 29.1 Å². The first-order chi connectivity index (χ1) is 15.6. The Kier molecular flexibility index (Phi) is 6.43. The molecule has 1 spiro atoms. The molecule has 5 heteroatoms. The molecule has 1 saturated carbocycles. The third kappa shape index (κ3) is 4.11. The van der Waals surface area contributed by atoms with Crippen molar-refractivity contribution in [1.82, 2.24) is 5.32 Å². The Morgan fingerprint density at radius 3 is 2.55 bits per heavy atom. The minimum Gasteiger partial charge on any atom is -0.388 e. The normalized spacial score (nSPS) is 45.3. The molecule has 1 aromatic carbocycles. The average Bonchev–Trinajstić information content (AvgIpc) is 3.04. The fourth-order valence-electron chi connectivity index (χ4n) is 6.61. The zero-order valence-corrected chi connectivity index (χ0v) is 19.8. The molecule has 2 unspecified atom stereocenters. The van der Waals surface area contributed by atoms with E-state index in [1.54, 1.807) is 19.1 Å². The highest BCUT2D eigenvalue weighted by Crippen LogP contribution is 2.57. The maximum absolute atomic E-state index is 13.8. The van der Waals surface area contributed by atoms with E-state index in [4.69, 9.17) is 0 Å². The summed E-state index contributed by atoms with van der Waals surface area (Å²) in [6.45, 7) is 10.00. The number of nitrogens with one attached hydrogen (secondary N) is 1. The summed E-state index contributed by atoms with van der Waals surface area (Å²) in [5.74, 6) is -1.09. The van der Waals surface area contributed by atoms with Crippen LogP contribution in [0.4, 0.5) is 0 Å². The van der Waals surface area contributed by atoms with Crippen LogP contribution >= 0.6 is 0 Å². The van der Waals surface area contributed by atoms with E-state index in [1.807, 2.05) is 49.4 Å². The van der Waals surface area contributed by atoms with E-state index >= 15 is 0 Å². The Morgan fingerprint density at radius 2 is 1.85 bits per heavy atom. The fraction of sp³-hybridized carbons (Fsp3) is 0.536. The van der Waals surface area contributed by atoms with Gasteiger partial charge in [0.25, 0.3) is 0 Å². The number of hydrogen-bond acceptors (Lipinski definition) is 4. The third-order valence-corrected chi connectivity index (χ3v) is 8.16. The first-order valence-electron chi connectivity index (χ1n) is 12.1. The lowest BCUT2D eigenvalue weighted by molar-refractivity contribution is -0.147. The molecule has 1 aromatic rings. The average molecular weight is 452 g/mol. The molecule has 1 aliphatic heterocycles. The number of hydrogen-bond donors (Lipinski definition) is 4. The van der Waals surface area contributed by atoms with Gasteiger partial charge in [0.1, 0.15) is 0 Å². The summed E-state index contributed by atoms with van der Waals surface area (Å²) in [5, 5.41) is 37.0. The van der Waals surface area contributed by atoms with Gasteiger partial charge in [-0.25, -0.2) is 0 Å². The van der Waals surface area contributed by atoms with Gasteiger partial charge in [0, 0.05) is 17.9 Å². The van der Waals surface area contributed by atoms with E-state index < -0.39 is 29.1 Å². The number of carbonyl (C=O) groups is 1. The second-order valence-electron chi connectivity index (χ2n) is 10.7. The molecule has 9 atom stereocenters. The van der Waals surface area contributed by atoms with Gasteiger partial charge in [-0.3, -0.25) is 4.79 Å². The minimum atomic E-state index is -1.25. The lowest BCUT2D eigenvalue weighted by Crippen LogP contribution is -2.59. The van der Waals surface area contributed by atoms with E-state index in [0.717, 1.165) is 5.56 Å². The minimum absolute atomic E-state index is 0.176. The van der Waals surface area contributed by atoms with Gasteiger partial charge in [0.2, 0.25) is 5.91 Å². The topological polar surface area (TPSA) is 89.8 Å². The standard InChI is InChI=1S/C28H37NO4/c1-17-9-8-12-21-25(31)19(3)18(2)24-22(15-20-10-6-5-7-11-20)29-26(32)28(21,24)23(30)13-14-27(4,33)16-17/h5-8,10-14,17-18,21-25,30-31,33H,3,9,15-16H2,1-2,4H3,(H,29,32)/b12-8+,14-13+/t17-,18+,21-,22-,23?,24-,25+,27-,28?/m0/s1. The lowest BCUT2D eigenvalue weighted by atomic mass is 9.51. The van der Waals surface area contributed by atoms with Gasteiger partial charge < -0.3 is 20.6 Å². The quantitative estimate of drug-likeness (QED) is 0.520. The van der Waals surface area contributed by atoms with Crippen molar-refractivity contribution < 1.29 is 20.1 Å². The smallest absolute Gasteiger partial charge is 0.230 e. The molecule has 3 aliphatic rings. The van der Waals surface area contributed by atoms with Gasteiger partial charge in [-0.05, 0) is 49.2 Å². The van der Waals surface area contributed by atoms with Crippen LogP contribution in [0.3, 0.4) is 0 Å². The Labute approximate surface area is 196 Å². The maximum atomic E-state index is 13.8. The van der Waals surface area contributed by atoms with Crippen molar-refractivity contribution in [1.29, 1.82) is 0 Å². The van der Waals surface area contributed by atoms with Gasteiger partial charge in [-0.15, -0.1) is 0 Å². The predicted octanol–water partition coefficient (Wildman–Crippen LogP) is 3.17. The molecule has 178 valence electrons. The summed E-state index contributed by atoms with van der Waals surface area (Å²) in [5.41, 5.74) is -0.544. The van der Waals surface area contributed by atoms with Crippen molar-refractivity contribution >= 4 is 5.91 Å². The number of aliphatic hydroxyl groups excluding tert-OH is 2. The van der Waals surface area contributed by atoms with Crippen LogP contribution < -0.4 is 5.32 Å². The molecule has 4 rings (SSSR count). The summed E-state index contributed by atoms with van der Waals surface area (Å²) in [6.07, 6.45) is 6.88. The first kappa shape index (κ1) is 23.9. The largest absolute Gasteiger partial charge is 0.388 e. The predicted molar refractivity (Wildman–Crippen MR) is 129 cm³/mol. The number of carbonyl (C=O) groups excluding carboxylic acids is 1. The van der Waals surface area contributed by atoms with Crippen molar-refractivity contribution in [3.05, 3.63) is 72.4 Å². The van der Waals surface area contributed by atoms with Crippen LogP contribution in [0.2, 0.25) is 0 Å². The highest BCUT2D eigenvalue weighted by molar-refractivity contribution is 5.88. The summed E-state index contributed by atoms with van der Waals surface area (Å²) < 4.78 is 0. The number of rotatable bonds is 2. The molecular formula is C28H37NO4. The van der Waals surface area contributed by atoms with E-state index in [2.05, 4.69) is 18.8 Å². The summed E-state index contributed by atoms with van der Waals surface area (Å²) >= 11 is 0. The zero-order chi connectivity index (χ0) is 24.0. The zero-order valence-electron chi connectivity index (χ0n) is 19.8. The second-order valence-corrected chi connectivity index (χ2v) is 10.7. The molecular weight excluding hydrogens is 414 g/mol. The van der Waals surface area contributed by atoms with Crippen molar-refractivity contribution in [2.75, 3.05) is 0 Å². The summed E-state index contributed by atoms with van der Waals surface area (Å²) in [6, 6.07) is 9.80.